The van der Waals surface area contributed by atoms with Gasteiger partial charge in [0, 0.05) is 25.6 Å². The zero-order valence-corrected chi connectivity index (χ0v) is 10.2. The molecule has 1 amide bonds. The molecule has 1 heterocycles. The number of nitrogens with one attached hydrogen (secondary N) is 1. The lowest BCUT2D eigenvalue weighted by atomic mass is 9.96. The number of hydrogen-bond acceptors (Lipinski definition) is 2. The Balaban J connectivity index is 2.57. The predicted octanol–water partition coefficient (Wildman–Crippen LogP) is 1.64. The zero-order chi connectivity index (χ0) is 13.1. The molecule has 0 aromatic carbocycles. The van der Waals surface area contributed by atoms with Gasteiger partial charge in [-0.25, -0.2) is 0 Å². The Labute approximate surface area is 99.4 Å². The van der Waals surface area contributed by atoms with Crippen LogP contribution in [0, 0.1) is 11.8 Å². The largest absolute Gasteiger partial charge is 0.393 e. The Morgan fingerprint density at radius 2 is 2.18 bits per heavy atom. The number of carbonyl (C=O) groups excluding carboxylic acids is 1. The number of rotatable bonds is 3. The van der Waals surface area contributed by atoms with Gasteiger partial charge in [0.15, 0.2) is 0 Å². The van der Waals surface area contributed by atoms with Crippen LogP contribution < -0.4 is 5.32 Å². The molecular weight excluding hydrogens is 233 g/mol. The van der Waals surface area contributed by atoms with Gasteiger partial charge in [-0.2, -0.15) is 13.2 Å². The van der Waals surface area contributed by atoms with Crippen LogP contribution in [0.3, 0.4) is 0 Å². The molecule has 0 saturated carbocycles. The lowest BCUT2D eigenvalue weighted by Gasteiger charge is -2.35. The van der Waals surface area contributed by atoms with E-state index in [1.165, 1.54) is 4.90 Å². The summed E-state index contributed by atoms with van der Waals surface area (Å²) in [5, 5.41) is 2.86. The second kappa shape index (κ2) is 5.71. The predicted molar refractivity (Wildman–Crippen MR) is 58.4 cm³/mol. The summed E-state index contributed by atoms with van der Waals surface area (Å²) in [4.78, 5) is 13.2. The number of piperidine rings is 1. The molecule has 1 aliphatic rings. The molecule has 1 aliphatic heterocycles. The lowest BCUT2D eigenvalue weighted by molar-refractivity contribution is -0.188. The Bertz CT molecular complexity index is 268. The Morgan fingerprint density at radius 1 is 1.53 bits per heavy atom. The van der Waals surface area contributed by atoms with E-state index in [4.69, 9.17) is 0 Å². The summed E-state index contributed by atoms with van der Waals surface area (Å²) in [6.07, 6.45) is -3.62. The van der Waals surface area contributed by atoms with Gasteiger partial charge < -0.3 is 10.2 Å². The van der Waals surface area contributed by atoms with E-state index in [0.29, 0.717) is 19.5 Å². The molecule has 3 nitrogen and oxygen atoms in total. The maximum atomic E-state index is 12.6. The third-order valence-electron chi connectivity index (χ3n) is 3.13. The molecule has 1 fully saturated rings. The van der Waals surface area contributed by atoms with Gasteiger partial charge in [0.1, 0.15) is 0 Å². The molecule has 0 bridgehead atoms. The smallest absolute Gasteiger partial charge is 0.342 e. The first-order chi connectivity index (χ1) is 7.86. The normalized spacial score (nSPS) is 23.6. The lowest BCUT2D eigenvalue weighted by Crippen LogP contribution is -2.47. The van der Waals surface area contributed by atoms with E-state index >= 15 is 0 Å². The summed E-state index contributed by atoms with van der Waals surface area (Å²) in [6.45, 7) is 2.48. The molecule has 0 aliphatic carbocycles. The molecule has 17 heavy (non-hydrogen) atoms. The quantitative estimate of drug-likeness (QED) is 0.828. The highest BCUT2D eigenvalue weighted by atomic mass is 19.4. The number of nitrogens with zero attached hydrogens (tertiary/aromatic N) is 1. The van der Waals surface area contributed by atoms with Gasteiger partial charge in [-0.1, -0.05) is 6.92 Å². The number of halogens is 3. The SMILES string of the molecule is CNCC(C)C(=O)N1CCCC(C(F)(F)F)C1. The van der Waals surface area contributed by atoms with Crippen molar-refractivity contribution < 1.29 is 18.0 Å². The second-order valence-corrected chi connectivity index (χ2v) is 4.62. The van der Waals surface area contributed by atoms with E-state index in [2.05, 4.69) is 5.32 Å². The molecule has 0 spiro atoms. The second-order valence-electron chi connectivity index (χ2n) is 4.62. The standard InChI is InChI=1S/C11H19F3N2O/c1-8(6-15-2)10(17)16-5-3-4-9(7-16)11(12,13)14/h8-9,15H,3-7H2,1-2H3. The highest BCUT2D eigenvalue weighted by Gasteiger charge is 2.42. The maximum absolute atomic E-state index is 12.6. The number of hydrogen-bond donors (Lipinski definition) is 1. The Morgan fingerprint density at radius 3 is 2.71 bits per heavy atom. The molecule has 1 saturated heterocycles. The van der Waals surface area contributed by atoms with Gasteiger partial charge >= 0.3 is 6.18 Å². The minimum atomic E-state index is -4.19. The van der Waals surface area contributed by atoms with Gasteiger partial charge in [0.25, 0.3) is 0 Å². The molecule has 0 aromatic heterocycles. The van der Waals surface area contributed by atoms with E-state index < -0.39 is 12.1 Å². The first-order valence-corrected chi connectivity index (χ1v) is 5.86. The third kappa shape index (κ3) is 3.87. The monoisotopic (exact) mass is 252 g/mol. The summed E-state index contributed by atoms with van der Waals surface area (Å²) in [5.74, 6) is -1.82. The van der Waals surface area contributed by atoms with Gasteiger partial charge in [-0.05, 0) is 19.9 Å². The van der Waals surface area contributed by atoms with Crippen molar-refractivity contribution in [2.75, 3.05) is 26.7 Å². The van der Waals surface area contributed by atoms with Gasteiger partial charge in [0.05, 0.1) is 5.92 Å². The van der Waals surface area contributed by atoms with Crippen molar-refractivity contribution in [3.8, 4) is 0 Å². The Hall–Kier alpha value is -0.780. The van der Waals surface area contributed by atoms with Crippen LogP contribution in [0.25, 0.3) is 0 Å². The summed E-state index contributed by atoms with van der Waals surface area (Å²) in [7, 11) is 1.72. The van der Waals surface area contributed by atoms with Crippen molar-refractivity contribution in [1.29, 1.82) is 0 Å². The topological polar surface area (TPSA) is 32.3 Å². The van der Waals surface area contributed by atoms with Gasteiger partial charge in [-0.3, -0.25) is 4.79 Å². The Kier molecular flexibility index (Phi) is 4.80. The summed E-state index contributed by atoms with van der Waals surface area (Å²) < 4.78 is 37.7. The summed E-state index contributed by atoms with van der Waals surface area (Å²) in [6, 6.07) is 0. The van der Waals surface area contributed by atoms with Crippen LogP contribution in [0.4, 0.5) is 13.2 Å². The average Bonchev–Trinajstić information content (AvgIpc) is 2.27. The van der Waals surface area contributed by atoms with Crippen LogP contribution in [0.1, 0.15) is 19.8 Å². The summed E-state index contributed by atoms with van der Waals surface area (Å²) in [5.41, 5.74) is 0. The fourth-order valence-electron chi connectivity index (χ4n) is 2.15. The van der Waals surface area contributed by atoms with Crippen LogP contribution in [-0.4, -0.2) is 43.7 Å². The van der Waals surface area contributed by atoms with Gasteiger partial charge in [-0.15, -0.1) is 0 Å². The minimum absolute atomic E-state index is 0.133. The summed E-state index contributed by atoms with van der Waals surface area (Å²) >= 11 is 0. The third-order valence-corrected chi connectivity index (χ3v) is 3.13. The first-order valence-electron chi connectivity index (χ1n) is 5.86. The van der Waals surface area contributed by atoms with Crippen molar-refractivity contribution in [3.63, 3.8) is 0 Å². The first kappa shape index (κ1) is 14.3. The fourth-order valence-corrected chi connectivity index (χ4v) is 2.15. The van der Waals surface area contributed by atoms with E-state index in [0.717, 1.165) is 0 Å². The molecule has 1 N–H and O–H groups in total. The van der Waals surface area contributed by atoms with Crippen molar-refractivity contribution in [3.05, 3.63) is 0 Å². The van der Waals surface area contributed by atoms with Crippen LogP contribution >= 0.6 is 0 Å². The van der Waals surface area contributed by atoms with Crippen LogP contribution in [0.2, 0.25) is 0 Å². The van der Waals surface area contributed by atoms with Crippen molar-refractivity contribution in [1.82, 2.24) is 10.2 Å². The fraction of sp³-hybridized carbons (Fsp3) is 0.909. The molecule has 6 heteroatoms. The van der Waals surface area contributed by atoms with Crippen molar-refractivity contribution in [2.24, 2.45) is 11.8 Å². The molecular formula is C11H19F3N2O. The van der Waals surface area contributed by atoms with Crippen LogP contribution in [-0.2, 0) is 4.79 Å². The maximum Gasteiger partial charge on any atom is 0.393 e. The highest BCUT2D eigenvalue weighted by Crippen LogP contribution is 2.33. The number of carbonyl (C=O) groups is 1. The minimum Gasteiger partial charge on any atom is -0.342 e. The van der Waals surface area contributed by atoms with E-state index in [1.807, 2.05) is 0 Å². The number of amides is 1. The molecule has 0 aromatic rings. The molecule has 2 unspecified atom stereocenters. The number of alkyl halides is 3. The zero-order valence-electron chi connectivity index (χ0n) is 10.2. The average molecular weight is 252 g/mol. The molecule has 100 valence electrons. The number of likely N-dealkylation sites (tertiary alicyclic amines) is 1. The van der Waals surface area contributed by atoms with Gasteiger partial charge in [0.2, 0.25) is 5.91 Å². The molecule has 0 radical (unpaired) electrons. The molecule has 2 atom stereocenters. The van der Waals surface area contributed by atoms with Crippen molar-refractivity contribution >= 4 is 5.91 Å². The van der Waals surface area contributed by atoms with Crippen LogP contribution in [0.5, 0.6) is 0 Å². The molecule has 1 rings (SSSR count). The van der Waals surface area contributed by atoms with Crippen molar-refractivity contribution in [2.45, 2.75) is 25.9 Å². The van der Waals surface area contributed by atoms with E-state index in [9.17, 15) is 18.0 Å². The highest BCUT2D eigenvalue weighted by molar-refractivity contribution is 5.78. The van der Waals surface area contributed by atoms with E-state index in [-0.39, 0.29) is 24.8 Å². The van der Waals surface area contributed by atoms with Crippen LogP contribution in [0.15, 0.2) is 0 Å². The van der Waals surface area contributed by atoms with E-state index in [1.54, 1.807) is 14.0 Å².